The van der Waals surface area contributed by atoms with Crippen molar-refractivity contribution >= 4 is 38.8 Å². The molecule has 4 rings (SSSR count). The number of aromatic nitrogens is 4. The molecule has 0 unspecified atom stereocenters. The van der Waals surface area contributed by atoms with Crippen LogP contribution in [0.4, 0.5) is 0 Å². The van der Waals surface area contributed by atoms with Crippen LogP contribution in [0.5, 0.6) is 0 Å². The fourth-order valence-electron chi connectivity index (χ4n) is 3.38. The average molecular weight is 348 g/mol. The Morgan fingerprint density at radius 2 is 1.88 bits per heavy atom. The standard InChI is InChI=1S/C20H20N4O2/c1-5-12-16-15(9-22-18(12)20(25)26-10(2)3)24-13-6-7-14-19(17(13)16)23-11(4)8-21-14/h6-10,23H,5H2,1-4H3. The zero-order valence-electron chi connectivity index (χ0n) is 15.3. The van der Waals surface area contributed by atoms with E-state index >= 15 is 0 Å². The highest BCUT2D eigenvalue weighted by atomic mass is 16.5. The van der Waals surface area contributed by atoms with Crippen LogP contribution in [0, 0.1) is 6.92 Å². The van der Waals surface area contributed by atoms with E-state index in [1.54, 1.807) is 12.4 Å². The molecule has 3 heterocycles. The Bertz CT molecular complexity index is 1160. The second-order valence-electron chi connectivity index (χ2n) is 6.69. The van der Waals surface area contributed by atoms with Gasteiger partial charge in [0.1, 0.15) is 0 Å². The van der Waals surface area contributed by atoms with Gasteiger partial charge in [-0.2, -0.15) is 0 Å². The van der Waals surface area contributed by atoms with Crippen LogP contribution in [0.25, 0.3) is 32.8 Å². The summed E-state index contributed by atoms with van der Waals surface area (Å²) in [6.07, 6.45) is 3.92. The van der Waals surface area contributed by atoms with Crippen LogP contribution in [0.1, 0.15) is 42.5 Å². The first kappa shape index (κ1) is 16.4. The molecule has 0 spiro atoms. The van der Waals surface area contributed by atoms with Gasteiger partial charge in [-0.25, -0.2) is 14.8 Å². The lowest BCUT2D eigenvalue weighted by atomic mass is 10.0. The lowest BCUT2D eigenvalue weighted by Crippen LogP contribution is -2.15. The minimum atomic E-state index is -0.397. The van der Waals surface area contributed by atoms with Crippen molar-refractivity contribution < 1.29 is 9.53 Å². The second kappa shape index (κ2) is 6.05. The molecule has 0 aliphatic heterocycles. The van der Waals surface area contributed by atoms with Gasteiger partial charge in [0.15, 0.2) is 5.69 Å². The van der Waals surface area contributed by atoms with Gasteiger partial charge in [-0.1, -0.05) is 6.92 Å². The van der Waals surface area contributed by atoms with Crippen molar-refractivity contribution in [3.63, 3.8) is 0 Å². The Kier molecular flexibility index (Phi) is 3.83. The maximum Gasteiger partial charge on any atom is 0.357 e. The summed E-state index contributed by atoms with van der Waals surface area (Å²) < 4.78 is 5.38. The van der Waals surface area contributed by atoms with E-state index in [-0.39, 0.29) is 6.10 Å². The van der Waals surface area contributed by atoms with Gasteiger partial charge < -0.3 is 9.72 Å². The molecule has 0 saturated heterocycles. The van der Waals surface area contributed by atoms with Crippen molar-refractivity contribution in [2.24, 2.45) is 0 Å². The van der Waals surface area contributed by atoms with Crippen LogP contribution in [0.2, 0.25) is 0 Å². The molecule has 0 aliphatic carbocycles. The first-order valence-corrected chi connectivity index (χ1v) is 8.76. The van der Waals surface area contributed by atoms with E-state index in [0.717, 1.165) is 44.1 Å². The summed E-state index contributed by atoms with van der Waals surface area (Å²) in [6.45, 7) is 7.65. The molecule has 0 bridgehead atoms. The third-order valence-corrected chi connectivity index (χ3v) is 4.42. The molecule has 26 heavy (non-hydrogen) atoms. The molecule has 0 fully saturated rings. The van der Waals surface area contributed by atoms with Crippen LogP contribution < -0.4 is 0 Å². The zero-order chi connectivity index (χ0) is 18.4. The Morgan fingerprint density at radius 1 is 1.12 bits per heavy atom. The highest BCUT2D eigenvalue weighted by molar-refractivity contribution is 6.20. The molecule has 4 aromatic rings. The number of H-pyrrole nitrogens is 1. The van der Waals surface area contributed by atoms with Crippen molar-refractivity contribution in [1.29, 1.82) is 0 Å². The first-order chi connectivity index (χ1) is 12.5. The molecule has 0 saturated carbocycles. The topological polar surface area (TPSA) is 80.8 Å². The van der Waals surface area contributed by atoms with Crippen molar-refractivity contribution in [2.45, 2.75) is 40.2 Å². The van der Waals surface area contributed by atoms with Crippen LogP contribution in [-0.4, -0.2) is 32.0 Å². The molecule has 6 heteroatoms. The van der Waals surface area contributed by atoms with Crippen LogP contribution in [0.3, 0.4) is 0 Å². The predicted octanol–water partition coefficient (Wildman–Crippen LogP) is 4.10. The number of aromatic amines is 1. The number of carbonyl (C=O) groups is 1. The Hall–Kier alpha value is -3.02. The van der Waals surface area contributed by atoms with Gasteiger partial charge in [-0.3, -0.25) is 4.98 Å². The van der Waals surface area contributed by atoms with Crippen LogP contribution in [-0.2, 0) is 11.2 Å². The van der Waals surface area contributed by atoms with E-state index < -0.39 is 5.97 Å². The number of nitrogens with zero attached hydrogens (tertiary/aromatic N) is 3. The summed E-state index contributed by atoms with van der Waals surface area (Å²) in [7, 11) is 0. The van der Waals surface area contributed by atoms with Gasteiger partial charge in [-0.15, -0.1) is 0 Å². The Labute approximate surface area is 150 Å². The highest BCUT2D eigenvalue weighted by Gasteiger charge is 2.21. The Balaban J connectivity index is 2.12. The van der Waals surface area contributed by atoms with E-state index in [1.165, 1.54) is 0 Å². The number of esters is 1. The Morgan fingerprint density at radius 3 is 2.62 bits per heavy atom. The third-order valence-electron chi connectivity index (χ3n) is 4.42. The zero-order valence-corrected chi connectivity index (χ0v) is 15.3. The van der Waals surface area contributed by atoms with Gasteiger partial charge >= 0.3 is 5.97 Å². The van der Waals surface area contributed by atoms with E-state index in [9.17, 15) is 4.79 Å². The molecular weight excluding hydrogens is 328 g/mol. The predicted molar refractivity (Wildman–Crippen MR) is 101 cm³/mol. The summed E-state index contributed by atoms with van der Waals surface area (Å²) in [4.78, 5) is 29.5. The molecule has 132 valence electrons. The summed E-state index contributed by atoms with van der Waals surface area (Å²) in [5.41, 5.74) is 5.61. The summed E-state index contributed by atoms with van der Waals surface area (Å²) >= 11 is 0. The molecule has 1 aromatic carbocycles. The third kappa shape index (κ3) is 2.49. The van der Waals surface area contributed by atoms with Gasteiger partial charge in [0.25, 0.3) is 0 Å². The number of rotatable bonds is 3. The minimum Gasteiger partial charge on any atom is -0.458 e. The van der Waals surface area contributed by atoms with Crippen molar-refractivity contribution in [2.75, 3.05) is 0 Å². The fraction of sp³-hybridized carbons (Fsp3) is 0.300. The molecule has 0 atom stereocenters. The van der Waals surface area contributed by atoms with Crippen molar-refractivity contribution in [3.8, 4) is 0 Å². The first-order valence-electron chi connectivity index (χ1n) is 8.76. The fourth-order valence-corrected chi connectivity index (χ4v) is 3.38. The van der Waals surface area contributed by atoms with Crippen LogP contribution >= 0.6 is 0 Å². The van der Waals surface area contributed by atoms with Gasteiger partial charge in [-0.05, 0) is 44.9 Å². The summed E-state index contributed by atoms with van der Waals surface area (Å²) in [5, 5.41) is 1.93. The summed E-state index contributed by atoms with van der Waals surface area (Å²) in [6, 6.07) is 3.91. The number of hydrogen-bond acceptors (Lipinski definition) is 5. The molecule has 1 N–H and O–H groups in total. The molecule has 3 aromatic heterocycles. The van der Waals surface area contributed by atoms with Crippen molar-refractivity contribution in [3.05, 3.63) is 41.5 Å². The second-order valence-corrected chi connectivity index (χ2v) is 6.69. The SMILES string of the molecule is CCc1c(C(=O)OC(C)C)ncc2nc3ccc4ncc(C)[nH]c4c3c12. The monoisotopic (exact) mass is 348 g/mol. The lowest BCUT2D eigenvalue weighted by Gasteiger charge is -2.11. The highest BCUT2D eigenvalue weighted by Crippen LogP contribution is 2.34. The maximum absolute atomic E-state index is 12.5. The smallest absolute Gasteiger partial charge is 0.357 e. The lowest BCUT2D eigenvalue weighted by molar-refractivity contribution is 0.0370. The molecule has 6 nitrogen and oxygen atoms in total. The van der Waals surface area contributed by atoms with Crippen LogP contribution in [0.15, 0.2) is 24.5 Å². The van der Waals surface area contributed by atoms with Gasteiger partial charge in [0.2, 0.25) is 0 Å². The number of nitrogens with one attached hydrogen (secondary N) is 1. The number of ether oxygens (including phenoxy) is 1. The van der Waals surface area contributed by atoms with Gasteiger partial charge in [0.05, 0.1) is 34.4 Å². The number of carbonyl (C=O) groups excluding carboxylic acids is 1. The number of pyridine rings is 1. The molecular formula is C20H20N4O2. The van der Waals surface area contributed by atoms with Crippen molar-refractivity contribution in [1.82, 2.24) is 19.9 Å². The number of hydrogen-bond donors (Lipinski definition) is 1. The number of benzene rings is 1. The van der Waals surface area contributed by atoms with Gasteiger partial charge in [0, 0.05) is 22.7 Å². The van der Waals surface area contributed by atoms with E-state index in [0.29, 0.717) is 12.1 Å². The maximum atomic E-state index is 12.5. The molecule has 0 aliphatic rings. The quantitative estimate of drug-likeness (QED) is 0.564. The van der Waals surface area contributed by atoms with E-state index in [4.69, 9.17) is 9.72 Å². The molecule has 0 amide bonds. The average Bonchev–Trinajstić information content (AvgIpc) is 2.99. The van der Waals surface area contributed by atoms with E-state index in [1.807, 2.05) is 39.8 Å². The largest absolute Gasteiger partial charge is 0.458 e. The number of fused-ring (bicyclic) bond motifs is 5. The molecule has 0 radical (unpaired) electrons. The van der Waals surface area contributed by atoms with E-state index in [2.05, 4.69) is 15.0 Å². The minimum absolute atomic E-state index is 0.194. The number of aryl methyl sites for hydroxylation is 2. The summed E-state index contributed by atoms with van der Waals surface area (Å²) in [5.74, 6) is -0.397. The normalized spacial score (nSPS) is 11.7.